The molecule has 1 saturated carbocycles. The van der Waals surface area contributed by atoms with E-state index < -0.39 is 9.84 Å². The molecule has 0 unspecified atom stereocenters. The predicted molar refractivity (Wildman–Crippen MR) is 105 cm³/mol. The molecule has 4 N–H and O–H groups in total. The standard InChI is InChI=1S/C18H23N5O3S/c1-2-27(25,26)11-15-10-16(19)23-17(20-15)12-6-8-14(9-7-12)22-18(24)21-13-4-3-5-13/h6-10,13H,2-5,11H2,1H3,(H2,19,20,23)(H2,21,22,24). The predicted octanol–water partition coefficient (Wildman–Crippen LogP) is 2.33. The topological polar surface area (TPSA) is 127 Å². The summed E-state index contributed by atoms with van der Waals surface area (Å²) in [6.45, 7) is 1.59. The molecule has 8 nitrogen and oxygen atoms in total. The highest BCUT2D eigenvalue weighted by Gasteiger charge is 2.19. The zero-order valence-corrected chi connectivity index (χ0v) is 15.9. The Labute approximate surface area is 158 Å². The minimum absolute atomic E-state index is 0.0372. The minimum Gasteiger partial charge on any atom is -0.384 e. The molecule has 1 aliphatic carbocycles. The third kappa shape index (κ3) is 5.16. The Balaban J connectivity index is 1.72. The van der Waals surface area contributed by atoms with Crippen LogP contribution in [-0.4, -0.2) is 36.2 Å². The van der Waals surface area contributed by atoms with E-state index in [1.165, 1.54) is 6.07 Å². The first-order chi connectivity index (χ1) is 12.8. The lowest BCUT2D eigenvalue weighted by Crippen LogP contribution is -2.41. The van der Waals surface area contributed by atoms with E-state index in [0.29, 0.717) is 22.8 Å². The van der Waals surface area contributed by atoms with Crippen molar-refractivity contribution in [3.8, 4) is 11.4 Å². The molecule has 1 aromatic heterocycles. The van der Waals surface area contributed by atoms with Crippen LogP contribution in [0.4, 0.5) is 16.3 Å². The van der Waals surface area contributed by atoms with Gasteiger partial charge in [0.25, 0.3) is 0 Å². The summed E-state index contributed by atoms with van der Waals surface area (Å²) >= 11 is 0. The van der Waals surface area contributed by atoms with Crippen LogP contribution in [0, 0.1) is 0 Å². The van der Waals surface area contributed by atoms with Gasteiger partial charge in [-0.2, -0.15) is 0 Å². The summed E-state index contributed by atoms with van der Waals surface area (Å²) in [7, 11) is -3.22. The highest BCUT2D eigenvalue weighted by atomic mass is 32.2. The quantitative estimate of drug-likeness (QED) is 0.696. The van der Waals surface area contributed by atoms with Crippen LogP contribution in [0.15, 0.2) is 30.3 Å². The van der Waals surface area contributed by atoms with Crippen molar-refractivity contribution in [3.05, 3.63) is 36.0 Å². The van der Waals surface area contributed by atoms with Gasteiger partial charge in [0.2, 0.25) is 0 Å². The Hall–Kier alpha value is -2.68. The first-order valence-corrected chi connectivity index (χ1v) is 10.7. The summed E-state index contributed by atoms with van der Waals surface area (Å²) < 4.78 is 23.7. The second kappa shape index (κ2) is 7.91. The van der Waals surface area contributed by atoms with E-state index in [1.807, 2.05) is 0 Å². The number of benzene rings is 1. The molecule has 0 aliphatic heterocycles. The van der Waals surface area contributed by atoms with E-state index in [9.17, 15) is 13.2 Å². The van der Waals surface area contributed by atoms with Gasteiger partial charge in [-0.15, -0.1) is 0 Å². The van der Waals surface area contributed by atoms with E-state index >= 15 is 0 Å². The molecule has 3 rings (SSSR count). The van der Waals surface area contributed by atoms with Gasteiger partial charge in [0.15, 0.2) is 15.7 Å². The number of anilines is 2. The molecule has 2 amide bonds. The number of nitrogens with one attached hydrogen (secondary N) is 2. The lowest BCUT2D eigenvalue weighted by molar-refractivity contribution is 0.240. The Bertz CT molecular complexity index is 925. The Kier molecular flexibility index (Phi) is 5.59. The van der Waals surface area contributed by atoms with Crippen LogP contribution in [0.2, 0.25) is 0 Å². The van der Waals surface area contributed by atoms with Crippen molar-refractivity contribution in [2.75, 3.05) is 16.8 Å². The molecular formula is C18H23N5O3S. The van der Waals surface area contributed by atoms with Crippen LogP contribution in [0.25, 0.3) is 11.4 Å². The van der Waals surface area contributed by atoms with Gasteiger partial charge in [-0.05, 0) is 43.5 Å². The number of nitrogens with zero attached hydrogens (tertiary/aromatic N) is 2. The second-order valence-electron chi connectivity index (χ2n) is 6.59. The van der Waals surface area contributed by atoms with E-state index in [4.69, 9.17) is 5.73 Å². The number of carbonyl (C=O) groups excluding carboxylic acids is 1. The van der Waals surface area contributed by atoms with Crippen LogP contribution < -0.4 is 16.4 Å². The number of urea groups is 1. The number of rotatable bonds is 6. The summed E-state index contributed by atoms with van der Waals surface area (Å²) in [5.41, 5.74) is 7.50. The van der Waals surface area contributed by atoms with Crippen LogP contribution in [0.1, 0.15) is 31.9 Å². The summed E-state index contributed by atoms with van der Waals surface area (Å²) in [6, 6.07) is 8.51. The highest BCUT2D eigenvalue weighted by molar-refractivity contribution is 7.90. The lowest BCUT2D eigenvalue weighted by Gasteiger charge is -2.26. The maximum absolute atomic E-state index is 11.9. The number of amides is 2. The molecule has 144 valence electrons. The van der Waals surface area contributed by atoms with Crippen molar-refractivity contribution in [3.63, 3.8) is 0 Å². The van der Waals surface area contributed by atoms with Gasteiger partial charge in [0.1, 0.15) is 5.82 Å². The number of sulfone groups is 1. The molecule has 2 aromatic rings. The minimum atomic E-state index is -3.22. The molecule has 0 saturated heterocycles. The lowest BCUT2D eigenvalue weighted by atomic mass is 9.93. The Morgan fingerprint density at radius 1 is 1.22 bits per heavy atom. The third-order valence-electron chi connectivity index (χ3n) is 4.45. The van der Waals surface area contributed by atoms with Gasteiger partial charge in [-0.3, -0.25) is 0 Å². The number of hydrogen-bond acceptors (Lipinski definition) is 6. The molecule has 1 aliphatic rings. The fraction of sp³-hybridized carbons (Fsp3) is 0.389. The van der Waals surface area contributed by atoms with Gasteiger partial charge in [0, 0.05) is 29.1 Å². The monoisotopic (exact) mass is 389 g/mol. The van der Waals surface area contributed by atoms with Crippen molar-refractivity contribution >= 4 is 27.4 Å². The first-order valence-electron chi connectivity index (χ1n) is 8.86. The van der Waals surface area contributed by atoms with Crippen LogP contribution >= 0.6 is 0 Å². The van der Waals surface area contributed by atoms with Crippen molar-refractivity contribution in [2.24, 2.45) is 0 Å². The Morgan fingerprint density at radius 3 is 2.52 bits per heavy atom. The van der Waals surface area contributed by atoms with E-state index in [0.717, 1.165) is 19.3 Å². The molecule has 1 aromatic carbocycles. The number of aromatic nitrogens is 2. The molecule has 0 spiro atoms. The van der Waals surface area contributed by atoms with Crippen molar-refractivity contribution in [2.45, 2.75) is 38.0 Å². The maximum atomic E-state index is 11.9. The Morgan fingerprint density at radius 2 is 1.93 bits per heavy atom. The fourth-order valence-electron chi connectivity index (χ4n) is 2.66. The first kappa shape index (κ1) is 19.1. The van der Waals surface area contributed by atoms with Gasteiger partial charge >= 0.3 is 6.03 Å². The van der Waals surface area contributed by atoms with Gasteiger partial charge < -0.3 is 16.4 Å². The van der Waals surface area contributed by atoms with Crippen molar-refractivity contribution in [1.82, 2.24) is 15.3 Å². The summed E-state index contributed by atoms with van der Waals surface area (Å²) in [6.07, 6.45) is 3.20. The van der Waals surface area contributed by atoms with Crippen LogP contribution in [0.3, 0.4) is 0 Å². The maximum Gasteiger partial charge on any atom is 0.319 e. The normalized spacial score (nSPS) is 14.4. The number of nitrogen functional groups attached to an aromatic ring is 1. The highest BCUT2D eigenvalue weighted by Crippen LogP contribution is 2.21. The molecule has 0 atom stereocenters. The fourth-order valence-corrected chi connectivity index (χ4v) is 3.46. The molecule has 27 heavy (non-hydrogen) atoms. The molecular weight excluding hydrogens is 366 g/mol. The molecule has 0 radical (unpaired) electrons. The molecule has 0 bridgehead atoms. The largest absolute Gasteiger partial charge is 0.384 e. The van der Waals surface area contributed by atoms with Gasteiger partial charge in [0.05, 0.1) is 11.4 Å². The number of carbonyl (C=O) groups is 1. The summed E-state index contributed by atoms with van der Waals surface area (Å²) in [4.78, 5) is 20.4. The van der Waals surface area contributed by atoms with Crippen molar-refractivity contribution < 1.29 is 13.2 Å². The second-order valence-corrected chi connectivity index (χ2v) is 8.94. The number of hydrogen-bond donors (Lipinski definition) is 3. The molecule has 1 heterocycles. The number of nitrogens with two attached hydrogens (primary N) is 1. The average Bonchev–Trinajstić information content (AvgIpc) is 2.58. The van der Waals surface area contributed by atoms with Gasteiger partial charge in [-0.1, -0.05) is 6.92 Å². The SMILES string of the molecule is CCS(=O)(=O)Cc1cc(N)nc(-c2ccc(NC(=O)NC3CCC3)cc2)n1. The van der Waals surface area contributed by atoms with E-state index in [2.05, 4.69) is 20.6 Å². The average molecular weight is 389 g/mol. The van der Waals surface area contributed by atoms with Crippen LogP contribution in [0.5, 0.6) is 0 Å². The summed E-state index contributed by atoms with van der Waals surface area (Å²) in [5.74, 6) is 0.421. The molecule has 9 heteroatoms. The summed E-state index contributed by atoms with van der Waals surface area (Å²) in [5, 5.41) is 5.69. The zero-order chi connectivity index (χ0) is 19.4. The molecule has 1 fully saturated rings. The third-order valence-corrected chi connectivity index (χ3v) is 6.06. The smallest absolute Gasteiger partial charge is 0.319 e. The van der Waals surface area contributed by atoms with E-state index in [-0.39, 0.29) is 29.4 Å². The van der Waals surface area contributed by atoms with Gasteiger partial charge in [-0.25, -0.2) is 23.2 Å². The van der Waals surface area contributed by atoms with Crippen molar-refractivity contribution in [1.29, 1.82) is 0 Å². The zero-order valence-electron chi connectivity index (χ0n) is 15.1. The van der Waals surface area contributed by atoms with E-state index in [1.54, 1.807) is 31.2 Å². The van der Waals surface area contributed by atoms with Crippen LogP contribution in [-0.2, 0) is 15.6 Å².